The summed E-state index contributed by atoms with van der Waals surface area (Å²) in [6.07, 6.45) is 4.95. The van der Waals surface area contributed by atoms with Crippen molar-refractivity contribution in [3.63, 3.8) is 0 Å². The third kappa shape index (κ3) is 4.82. The van der Waals surface area contributed by atoms with Crippen LogP contribution in [0.15, 0.2) is 54.6 Å². The molecule has 0 bridgehead atoms. The summed E-state index contributed by atoms with van der Waals surface area (Å²) in [5.74, 6) is 2.12. The molecule has 1 saturated heterocycles. The van der Waals surface area contributed by atoms with Crippen LogP contribution in [0.4, 0.5) is 11.5 Å². The fraction of sp³-hybridized carbons (Fsp3) is 0.333. The third-order valence-corrected chi connectivity index (χ3v) is 5.33. The molecule has 1 aliphatic heterocycles. The van der Waals surface area contributed by atoms with Crippen molar-refractivity contribution < 1.29 is 14.3 Å². The Morgan fingerprint density at radius 2 is 1.77 bits per heavy atom. The van der Waals surface area contributed by atoms with E-state index in [4.69, 9.17) is 14.5 Å². The SMILES string of the molecule is COc1ccc(NC(=O)COc2cccc3ccc(N4CCCCCC4)nc23)cc1. The van der Waals surface area contributed by atoms with E-state index in [0.717, 1.165) is 35.6 Å². The number of para-hydroxylation sites is 1. The van der Waals surface area contributed by atoms with Crippen molar-refractivity contribution in [2.24, 2.45) is 0 Å². The second kappa shape index (κ2) is 9.48. The summed E-state index contributed by atoms with van der Waals surface area (Å²) in [6, 6.07) is 17.1. The summed E-state index contributed by atoms with van der Waals surface area (Å²) >= 11 is 0. The van der Waals surface area contributed by atoms with Crippen molar-refractivity contribution >= 4 is 28.3 Å². The number of pyridine rings is 1. The smallest absolute Gasteiger partial charge is 0.262 e. The number of hydrogen-bond acceptors (Lipinski definition) is 5. The summed E-state index contributed by atoms with van der Waals surface area (Å²) in [5, 5.41) is 3.83. The molecule has 0 saturated carbocycles. The molecule has 2 heterocycles. The van der Waals surface area contributed by atoms with E-state index in [2.05, 4.69) is 22.3 Å². The molecule has 0 aliphatic carbocycles. The Labute approximate surface area is 176 Å². The summed E-state index contributed by atoms with van der Waals surface area (Å²) in [5.41, 5.74) is 1.49. The second-order valence-electron chi connectivity index (χ2n) is 7.46. The van der Waals surface area contributed by atoms with Gasteiger partial charge >= 0.3 is 0 Å². The highest BCUT2D eigenvalue weighted by Gasteiger charge is 2.13. The number of carbonyl (C=O) groups excluding carboxylic acids is 1. The second-order valence-corrected chi connectivity index (χ2v) is 7.46. The van der Waals surface area contributed by atoms with Crippen molar-refractivity contribution in [3.05, 3.63) is 54.6 Å². The van der Waals surface area contributed by atoms with Crippen LogP contribution >= 0.6 is 0 Å². The van der Waals surface area contributed by atoms with E-state index in [-0.39, 0.29) is 12.5 Å². The maximum absolute atomic E-state index is 12.3. The highest BCUT2D eigenvalue weighted by Crippen LogP contribution is 2.27. The predicted octanol–water partition coefficient (Wildman–Crippen LogP) is 4.64. The van der Waals surface area contributed by atoms with Gasteiger partial charge in [0, 0.05) is 24.2 Å². The van der Waals surface area contributed by atoms with Crippen LogP contribution in [-0.2, 0) is 4.79 Å². The number of rotatable bonds is 6. The number of amides is 1. The van der Waals surface area contributed by atoms with E-state index in [1.807, 2.05) is 18.2 Å². The highest BCUT2D eigenvalue weighted by atomic mass is 16.5. The number of fused-ring (bicyclic) bond motifs is 1. The van der Waals surface area contributed by atoms with Crippen LogP contribution in [0.5, 0.6) is 11.5 Å². The van der Waals surface area contributed by atoms with Gasteiger partial charge < -0.3 is 19.7 Å². The van der Waals surface area contributed by atoms with Gasteiger partial charge in [0.2, 0.25) is 0 Å². The van der Waals surface area contributed by atoms with E-state index in [9.17, 15) is 4.79 Å². The Bertz CT molecular complexity index is 996. The summed E-state index contributed by atoms with van der Waals surface area (Å²) in [4.78, 5) is 19.6. The lowest BCUT2D eigenvalue weighted by molar-refractivity contribution is -0.118. The molecule has 1 aliphatic rings. The van der Waals surface area contributed by atoms with E-state index >= 15 is 0 Å². The first-order valence-corrected chi connectivity index (χ1v) is 10.4. The number of ether oxygens (including phenoxy) is 2. The molecule has 4 rings (SSSR count). The first-order chi connectivity index (χ1) is 14.7. The van der Waals surface area contributed by atoms with Gasteiger partial charge in [-0.3, -0.25) is 4.79 Å². The van der Waals surface area contributed by atoms with Crippen LogP contribution in [-0.4, -0.2) is 37.7 Å². The Morgan fingerprint density at radius 3 is 2.50 bits per heavy atom. The summed E-state index contributed by atoms with van der Waals surface area (Å²) in [7, 11) is 1.61. The summed E-state index contributed by atoms with van der Waals surface area (Å²) < 4.78 is 11.0. The normalized spacial score (nSPS) is 14.2. The molecular weight excluding hydrogens is 378 g/mol. The van der Waals surface area contributed by atoms with E-state index < -0.39 is 0 Å². The molecular formula is C24H27N3O3. The Kier molecular flexibility index (Phi) is 6.32. The number of aromatic nitrogens is 1. The zero-order valence-corrected chi connectivity index (χ0v) is 17.3. The molecule has 6 heteroatoms. The lowest BCUT2D eigenvalue weighted by atomic mass is 10.2. The minimum absolute atomic E-state index is 0.0826. The Morgan fingerprint density at radius 1 is 1.00 bits per heavy atom. The maximum atomic E-state index is 12.3. The number of benzene rings is 2. The average Bonchev–Trinajstić information content (AvgIpc) is 3.07. The maximum Gasteiger partial charge on any atom is 0.262 e. The zero-order valence-electron chi connectivity index (χ0n) is 17.3. The van der Waals surface area contributed by atoms with Crippen molar-refractivity contribution in [1.82, 2.24) is 4.98 Å². The molecule has 3 aromatic rings. The van der Waals surface area contributed by atoms with Crippen molar-refractivity contribution in [3.8, 4) is 11.5 Å². The van der Waals surface area contributed by atoms with Crippen molar-refractivity contribution in [2.45, 2.75) is 25.7 Å². The fourth-order valence-corrected chi connectivity index (χ4v) is 3.72. The van der Waals surface area contributed by atoms with Gasteiger partial charge in [0.05, 0.1) is 7.11 Å². The highest BCUT2D eigenvalue weighted by molar-refractivity contribution is 5.92. The van der Waals surface area contributed by atoms with Crippen LogP contribution in [0.3, 0.4) is 0 Å². The monoisotopic (exact) mass is 405 g/mol. The molecule has 0 unspecified atom stereocenters. The quantitative estimate of drug-likeness (QED) is 0.647. The molecule has 0 spiro atoms. The minimum atomic E-state index is -0.221. The zero-order chi connectivity index (χ0) is 20.8. The first-order valence-electron chi connectivity index (χ1n) is 10.4. The number of hydrogen-bond donors (Lipinski definition) is 1. The number of carbonyl (C=O) groups is 1. The molecule has 1 aromatic heterocycles. The number of nitrogens with zero attached hydrogens (tertiary/aromatic N) is 2. The number of anilines is 2. The molecule has 1 fully saturated rings. The van der Waals surface area contributed by atoms with E-state index in [0.29, 0.717) is 11.4 Å². The van der Waals surface area contributed by atoms with Gasteiger partial charge in [-0.1, -0.05) is 25.0 Å². The first kappa shape index (κ1) is 20.0. The van der Waals surface area contributed by atoms with Gasteiger partial charge in [-0.25, -0.2) is 4.98 Å². The van der Waals surface area contributed by atoms with Crippen LogP contribution in [0, 0.1) is 0 Å². The largest absolute Gasteiger partial charge is 0.497 e. The molecule has 0 atom stereocenters. The van der Waals surface area contributed by atoms with Gasteiger partial charge in [-0.2, -0.15) is 0 Å². The minimum Gasteiger partial charge on any atom is -0.497 e. The lowest BCUT2D eigenvalue weighted by Gasteiger charge is -2.22. The summed E-state index contributed by atoms with van der Waals surface area (Å²) in [6.45, 7) is 1.98. The van der Waals surface area contributed by atoms with Gasteiger partial charge in [0.15, 0.2) is 6.61 Å². The van der Waals surface area contributed by atoms with E-state index in [1.165, 1.54) is 25.7 Å². The average molecular weight is 405 g/mol. The van der Waals surface area contributed by atoms with Crippen LogP contribution in [0.1, 0.15) is 25.7 Å². The van der Waals surface area contributed by atoms with Gasteiger partial charge in [-0.15, -0.1) is 0 Å². The van der Waals surface area contributed by atoms with Crippen LogP contribution in [0.25, 0.3) is 10.9 Å². The van der Waals surface area contributed by atoms with Crippen LogP contribution in [0.2, 0.25) is 0 Å². The van der Waals surface area contributed by atoms with Crippen molar-refractivity contribution in [2.75, 3.05) is 37.0 Å². The third-order valence-electron chi connectivity index (χ3n) is 5.33. The molecule has 1 N–H and O–H groups in total. The van der Waals surface area contributed by atoms with Crippen molar-refractivity contribution in [1.29, 1.82) is 0 Å². The van der Waals surface area contributed by atoms with Crippen LogP contribution < -0.4 is 19.7 Å². The molecule has 156 valence electrons. The molecule has 1 amide bonds. The molecule has 0 radical (unpaired) electrons. The van der Waals surface area contributed by atoms with E-state index in [1.54, 1.807) is 31.4 Å². The van der Waals surface area contributed by atoms with Gasteiger partial charge in [0.1, 0.15) is 22.8 Å². The Hall–Kier alpha value is -3.28. The lowest BCUT2D eigenvalue weighted by Crippen LogP contribution is -2.24. The Balaban J connectivity index is 1.46. The van der Waals surface area contributed by atoms with Gasteiger partial charge in [0.25, 0.3) is 5.91 Å². The molecule has 30 heavy (non-hydrogen) atoms. The molecule has 6 nitrogen and oxygen atoms in total. The van der Waals surface area contributed by atoms with Gasteiger partial charge in [-0.05, 0) is 55.3 Å². The fourth-order valence-electron chi connectivity index (χ4n) is 3.72. The number of methoxy groups -OCH3 is 1. The number of nitrogens with one attached hydrogen (secondary N) is 1. The standard InChI is InChI=1S/C24H27N3O3/c1-29-20-12-10-19(11-13-20)25-23(28)17-30-21-8-6-7-18-9-14-22(26-24(18)21)27-15-4-2-3-5-16-27/h6-14H,2-5,15-17H2,1H3,(H,25,28). The molecule has 2 aromatic carbocycles. The topological polar surface area (TPSA) is 63.7 Å². The predicted molar refractivity (Wildman–Crippen MR) is 120 cm³/mol.